The van der Waals surface area contributed by atoms with Gasteiger partial charge in [-0.2, -0.15) is 5.10 Å². The van der Waals surface area contributed by atoms with Gasteiger partial charge in [0.1, 0.15) is 47.1 Å². The molecule has 1 atom stereocenters. The van der Waals surface area contributed by atoms with Crippen LogP contribution >= 0.6 is 19.2 Å². The van der Waals surface area contributed by atoms with Gasteiger partial charge in [0.2, 0.25) is 0 Å². The summed E-state index contributed by atoms with van der Waals surface area (Å²) in [5.41, 5.74) is 7.40. The number of hydrogen-bond donors (Lipinski definition) is 7. The highest BCUT2D eigenvalue weighted by Gasteiger charge is 2.18. The summed E-state index contributed by atoms with van der Waals surface area (Å²) >= 11 is 5.94. The normalized spacial score (nSPS) is 11.5. The molecule has 2 amide bonds. The number of carboxylic acids is 2. The molecule has 1 aromatic heterocycles. The number of ether oxygens (including phenoxy) is 1. The van der Waals surface area contributed by atoms with Crippen molar-refractivity contribution in [2.45, 2.75) is 6.92 Å². The van der Waals surface area contributed by atoms with Gasteiger partial charge in [0, 0.05) is 24.0 Å². The highest BCUT2D eigenvalue weighted by atomic mass is 35.5. The maximum absolute atomic E-state index is 13.0. The second-order valence-electron chi connectivity index (χ2n) is 10.9. The molecular formula is C33H37ClF2N7O11PS. The van der Waals surface area contributed by atoms with E-state index in [1.807, 2.05) is 11.4 Å². The number of carboxylic acid groups (broad SMARTS) is 2. The van der Waals surface area contributed by atoms with Crippen LogP contribution in [0, 0.1) is 21.7 Å². The van der Waals surface area contributed by atoms with Crippen molar-refractivity contribution >= 4 is 70.8 Å². The number of amides is 2. The van der Waals surface area contributed by atoms with Crippen molar-refractivity contribution in [2.75, 3.05) is 42.6 Å². The van der Waals surface area contributed by atoms with Crippen LogP contribution in [0.2, 0.25) is 5.02 Å². The third-order valence-corrected chi connectivity index (χ3v) is 6.72. The van der Waals surface area contributed by atoms with Gasteiger partial charge in [-0.3, -0.25) is 25.2 Å². The van der Waals surface area contributed by atoms with Gasteiger partial charge in [-0.25, -0.2) is 23.8 Å². The number of nitrogen functional groups attached to an aromatic ring is 1. The number of benzene rings is 3. The molecule has 18 nitrogen and oxygen atoms in total. The number of nitrogens with two attached hydrogens (primary N) is 1. The number of aliphatic carboxylic acids is 1. The second-order valence-corrected chi connectivity index (χ2v) is 15.4. The molecule has 0 spiro atoms. The molecule has 4 rings (SSSR count). The summed E-state index contributed by atoms with van der Waals surface area (Å²) in [6.45, 7) is 0.976. The van der Waals surface area contributed by atoms with E-state index < -0.39 is 55.0 Å². The summed E-state index contributed by atoms with van der Waals surface area (Å²) in [4.78, 5) is 64.5. The molecule has 1 unspecified atom stereocenters. The van der Waals surface area contributed by atoms with Crippen LogP contribution in [0.15, 0.2) is 84.1 Å². The number of nitrogens with zero attached hydrogens (tertiary/aromatic N) is 3. The number of para-hydroxylation sites is 1. The lowest BCUT2D eigenvalue weighted by Crippen LogP contribution is -2.26. The van der Waals surface area contributed by atoms with E-state index in [2.05, 4.69) is 39.6 Å². The van der Waals surface area contributed by atoms with Gasteiger partial charge < -0.3 is 40.4 Å². The maximum atomic E-state index is 13.0. The Bertz CT molecular complexity index is 2020. The molecule has 0 aliphatic carbocycles. The summed E-state index contributed by atoms with van der Waals surface area (Å²) in [6.07, 6.45) is 7.26. The highest BCUT2D eigenvalue weighted by molar-refractivity contribution is 7.94. The number of halogens is 3. The molecule has 23 heteroatoms. The second kappa shape index (κ2) is 23.9. The Kier molecular flexibility index (Phi) is 20.7. The minimum Gasteiger partial charge on any atom is -0.778 e. The van der Waals surface area contributed by atoms with E-state index in [4.69, 9.17) is 37.2 Å². The molecule has 56 heavy (non-hydrogen) atoms. The molecule has 4 aromatic rings. The molecule has 0 aliphatic heterocycles. The molecule has 0 saturated carbocycles. The van der Waals surface area contributed by atoms with Crippen molar-refractivity contribution in [1.82, 2.24) is 15.7 Å². The SMILES string of the molecule is C/C(=N\NC(=O)Nc1cc(F)cc(F)c1)c1ncccc1C(=O)O.C[S+](C)C.Nc1c([N+](=O)[O-])ccc(Oc2ccccc2)c1Cl.O=C(O)CNCP(=O)([O-])O. The Morgan fingerprint density at radius 1 is 1.04 bits per heavy atom. The number of nitrogens with one attached hydrogen (secondary N) is 3. The largest absolute Gasteiger partial charge is 0.778 e. The third-order valence-electron chi connectivity index (χ3n) is 5.70. The lowest BCUT2D eigenvalue weighted by Gasteiger charge is -2.14. The first-order valence-electron chi connectivity index (χ1n) is 15.3. The van der Waals surface area contributed by atoms with Crippen molar-refractivity contribution in [3.05, 3.63) is 117 Å². The first kappa shape index (κ1) is 48.3. The van der Waals surface area contributed by atoms with Gasteiger partial charge >= 0.3 is 18.0 Å². The molecule has 0 fully saturated rings. The van der Waals surface area contributed by atoms with E-state index in [9.17, 15) is 42.7 Å². The van der Waals surface area contributed by atoms with Crippen molar-refractivity contribution in [3.8, 4) is 11.5 Å². The summed E-state index contributed by atoms with van der Waals surface area (Å²) in [5, 5.41) is 35.7. The van der Waals surface area contributed by atoms with Crippen LogP contribution in [-0.2, 0) is 20.3 Å². The Morgan fingerprint density at radius 3 is 2.14 bits per heavy atom. The lowest BCUT2D eigenvalue weighted by molar-refractivity contribution is -0.383. The topological polar surface area (TPSA) is 292 Å². The number of nitro benzene ring substituents is 1. The molecule has 0 saturated heterocycles. The van der Waals surface area contributed by atoms with E-state index in [1.54, 1.807) is 24.3 Å². The highest BCUT2D eigenvalue weighted by Crippen LogP contribution is 2.38. The monoisotopic (exact) mass is 843 g/mol. The Morgan fingerprint density at radius 2 is 1.62 bits per heavy atom. The number of carbonyl (C=O) groups is 3. The van der Waals surface area contributed by atoms with Crippen molar-refractivity contribution in [2.24, 2.45) is 5.10 Å². The maximum Gasteiger partial charge on any atom is 0.339 e. The number of hydrazone groups is 1. The third kappa shape index (κ3) is 19.6. The minimum atomic E-state index is -4.35. The van der Waals surface area contributed by atoms with Crippen LogP contribution in [-0.4, -0.2) is 80.3 Å². The van der Waals surface area contributed by atoms with Crippen LogP contribution in [0.1, 0.15) is 23.0 Å². The zero-order valence-corrected chi connectivity index (χ0v) is 32.4. The standard InChI is InChI=1S/C15H12F2N4O3.C12H9ClN2O3.C3H8NO5P.C3H9S/c1-8(13-12(14(22)23)3-2-4-18-13)20-21-15(24)19-11-6-9(16)5-10(17)7-11;13-11-10(18-8-4-2-1-3-5-8)7-6-9(12(11)14)15(16)17;5-3(6)1-4-2-10(7,8)9;1-4(2)3/h2-7H,1H3,(H,22,23)(H2,19,21,24);1-7H,14H2;4H,1-2H2,(H,5,6)(H2,7,8,9);1-3H3/q;;;+1/p-1/b20-8+;;;. The number of nitro groups is 1. The van der Waals surface area contributed by atoms with Crippen molar-refractivity contribution in [1.29, 1.82) is 0 Å². The number of pyridine rings is 1. The first-order valence-corrected chi connectivity index (χ1v) is 19.9. The van der Waals surface area contributed by atoms with Crippen molar-refractivity contribution in [3.63, 3.8) is 0 Å². The van der Waals surface area contributed by atoms with E-state index in [0.717, 1.165) is 12.1 Å². The molecule has 0 aliphatic rings. The molecule has 3 aromatic carbocycles. The number of carbonyl (C=O) groups excluding carboxylic acids is 1. The van der Waals surface area contributed by atoms with E-state index in [1.165, 1.54) is 37.4 Å². The molecule has 302 valence electrons. The van der Waals surface area contributed by atoms with Gasteiger partial charge in [-0.1, -0.05) is 29.8 Å². The molecule has 1 heterocycles. The van der Waals surface area contributed by atoms with Crippen molar-refractivity contribution < 1.29 is 57.4 Å². The zero-order chi connectivity index (χ0) is 42.6. The van der Waals surface area contributed by atoms with E-state index in [-0.39, 0.29) is 44.8 Å². The summed E-state index contributed by atoms with van der Waals surface area (Å²) in [7, 11) is -3.71. The number of rotatable bonds is 11. The summed E-state index contributed by atoms with van der Waals surface area (Å²) in [6, 6.07) is 16.1. The fraction of sp³-hybridized carbons (Fsp3) is 0.182. The predicted octanol–water partition coefficient (Wildman–Crippen LogP) is 4.88. The van der Waals surface area contributed by atoms with Crippen LogP contribution in [0.5, 0.6) is 11.5 Å². The smallest absolute Gasteiger partial charge is 0.339 e. The molecule has 8 N–H and O–H groups in total. The number of hydrogen-bond acceptors (Lipinski definition) is 12. The zero-order valence-electron chi connectivity index (χ0n) is 29.9. The quantitative estimate of drug-likeness (QED) is 0.0264. The fourth-order valence-electron chi connectivity index (χ4n) is 3.56. The molecular weight excluding hydrogens is 807 g/mol. The molecule has 0 radical (unpaired) electrons. The minimum absolute atomic E-state index is 0.0352. The van der Waals surface area contributed by atoms with Gasteiger partial charge in [0.05, 0.1) is 47.8 Å². The van der Waals surface area contributed by atoms with Gasteiger partial charge in [0.15, 0.2) is 0 Å². The van der Waals surface area contributed by atoms with Gasteiger partial charge in [0.25, 0.3) is 5.69 Å². The summed E-state index contributed by atoms with van der Waals surface area (Å²) < 4.78 is 41.5. The fourth-order valence-corrected chi connectivity index (χ4v) is 4.15. The van der Waals surface area contributed by atoms with E-state index in [0.29, 0.717) is 22.7 Å². The van der Waals surface area contributed by atoms with Gasteiger partial charge in [-0.05, 0) is 60.3 Å². The van der Waals surface area contributed by atoms with E-state index >= 15 is 0 Å². The van der Waals surface area contributed by atoms with Crippen LogP contribution < -0.4 is 31.4 Å². The lowest BCUT2D eigenvalue weighted by atomic mass is 10.1. The van der Waals surface area contributed by atoms with Gasteiger partial charge in [-0.15, -0.1) is 0 Å². The first-order chi connectivity index (χ1) is 26.1. The number of anilines is 2. The Labute approximate surface area is 326 Å². The molecule has 0 bridgehead atoms. The Balaban J connectivity index is 0.000000430. The predicted molar refractivity (Wildman–Crippen MR) is 206 cm³/mol. The van der Waals surface area contributed by atoms with Crippen LogP contribution in [0.25, 0.3) is 0 Å². The Hall–Kier alpha value is -5.70. The average Bonchev–Trinajstić information content (AvgIpc) is 3.09. The summed E-state index contributed by atoms with van der Waals surface area (Å²) in [5.74, 6) is -3.19. The van der Waals surface area contributed by atoms with Crippen LogP contribution in [0.3, 0.4) is 0 Å². The number of urea groups is 1. The average molecular weight is 844 g/mol. The number of aromatic carboxylic acids is 1. The number of aromatic nitrogens is 1. The van der Waals surface area contributed by atoms with Crippen LogP contribution in [0.4, 0.5) is 30.6 Å².